The van der Waals surface area contributed by atoms with Crippen LogP contribution in [-0.4, -0.2) is 31.4 Å². The summed E-state index contributed by atoms with van der Waals surface area (Å²) in [6.45, 7) is 6.69. The standard InChI is InChI=1S/C17H23N3O4S/c1-11(2)17(13-5-6-14-15(9-13)24-8-7-23-14)19-25(21,22)16-10-18-20(4)12(16)3/h5-6,9-11,17,19H,7-8H2,1-4H3. The lowest BCUT2D eigenvalue weighted by molar-refractivity contribution is 0.171. The third kappa shape index (κ3) is 3.50. The minimum atomic E-state index is -3.69. The Balaban J connectivity index is 1.93. The normalized spacial score (nSPS) is 15.4. The number of sulfonamides is 1. The molecule has 2 heterocycles. The highest BCUT2D eigenvalue weighted by atomic mass is 32.2. The lowest BCUT2D eigenvalue weighted by Crippen LogP contribution is -2.32. The Kier molecular flexibility index (Phi) is 4.75. The molecule has 0 amide bonds. The van der Waals surface area contributed by atoms with Crippen LogP contribution >= 0.6 is 0 Å². The monoisotopic (exact) mass is 365 g/mol. The summed E-state index contributed by atoms with van der Waals surface area (Å²) in [6, 6.07) is 5.15. The molecule has 0 saturated carbocycles. The smallest absolute Gasteiger partial charge is 0.244 e. The fourth-order valence-electron chi connectivity index (χ4n) is 2.82. The minimum absolute atomic E-state index is 0.0503. The second kappa shape index (κ2) is 6.68. The topological polar surface area (TPSA) is 82.5 Å². The van der Waals surface area contributed by atoms with Gasteiger partial charge in [-0.2, -0.15) is 5.10 Å². The largest absolute Gasteiger partial charge is 0.486 e. The first-order valence-electron chi connectivity index (χ1n) is 8.20. The van der Waals surface area contributed by atoms with Crippen LogP contribution < -0.4 is 14.2 Å². The van der Waals surface area contributed by atoms with Crippen LogP contribution in [0.3, 0.4) is 0 Å². The van der Waals surface area contributed by atoms with Crippen molar-refractivity contribution >= 4 is 10.0 Å². The van der Waals surface area contributed by atoms with E-state index in [4.69, 9.17) is 9.47 Å². The maximum Gasteiger partial charge on any atom is 0.244 e. The molecule has 25 heavy (non-hydrogen) atoms. The Labute approximate surface area is 148 Å². The van der Waals surface area contributed by atoms with Gasteiger partial charge in [0.15, 0.2) is 11.5 Å². The zero-order valence-electron chi connectivity index (χ0n) is 14.8. The van der Waals surface area contributed by atoms with E-state index in [2.05, 4.69) is 9.82 Å². The number of benzene rings is 1. The average Bonchev–Trinajstić information content (AvgIpc) is 2.92. The number of ether oxygens (including phenoxy) is 2. The molecule has 1 aliphatic rings. The summed E-state index contributed by atoms with van der Waals surface area (Å²) in [5, 5.41) is 4.03. The molecular formula is C17H23N3O4S. The van der Waals surface area contributed by atoms with Crippen molar-refractivity contribution in [3.05, 3.63) is 35.7 Å². The van der Waals surface area contributed by atoms with Gasteiger partial charge in [-0.25, -0.2) is 13.1 Å². The lowest BCUT2D eigenvalue weighted by atomic mass is 9.97. The van der Waals surface area contributed by atoms with E-state index in [9.17, 15) is 8.42 Å². The van der Waals surface area contributed by atoms with Gasteiger partial charge in [0.2, 0.25) is 10.0 Å². The highest BCUT2D eigenvalue weighted by Gasteiger charge is 2.27. The van der Waals surface area contributed by atoms with E-state index in [1.807, 2.05) is 32.0 Å². The van der Waals surface area contributed by atoms with Gasteiger partial charge in [-0.05, 0) is 30.5 Å². The highest BCUT2D eigenvalue weighted by Crippen LogP contribution is 2.35. The van der Waals surface area contributed by atoms with Crippen LogP contribution in [0.4, 0.5) is 0 Å². The molecule has 1 aliphatic heterocycles. The van der Waals surface area contributed by atoms with Crippen molar-refractivity contribution < 1.29 is 17.9 Å². The SMILES string of the molecule is Cc1c(S(=O)(=O)NC(c2ccc3c(c2)OCCO3)C(C)C)cnn1C. The van der Waals surface area contributed by atoms with Crippen molar-refractivity contribution in [2.75, 3.05) is 13.2 Å². The number of hydrogen-bond acceptors (Lipinski definition) is 5. The van der Waals surface area contributed by atoms with Crippen LogP contribution in [0.5, 0.6) is 11.5 Å². The Hall–Kier alpha value is -2.06. The Bertz CT molecular complexity index is 874. The third-order valence-electron chi connectivity index (χ3n) is 4.35. The van der Waals surface area contributed by atoms with E-state index in [0.717, 1.165) is 5.56 Å². The molecule has 3 rings (SSSR count). The molecule has 0 aliphatic carbocycles. The number of aryl methyl sites for hydroxylation is 1. The van der Waals surface area contributed by atoms with Gasteiger partial charge in [-0.15, -0.1) is 0 Å². The molecule has 0 bridgehead atoms. The number of fused-ring (bicyclic) bond motifs is 1. The van der Waals surface area contributed by atoms with Gasteiger partial charge in [0.25, 0.3) is 0 Å². The molecule has 1 aromatic carbocycles. The first kappa shape index (κ1) is 17.8. The first-order chi connectivity index (χ1) is 11.8. The fraction of sp³-hybridized carbons (Fsp3) is 0.471. The molecule has 2 aromatic rings. The highest BCUT2D eigenvalue weighted by molar-refractivity contribution is 7.89. The van der Waals surface area contributed by atoms with E-state index in [0.29, 0.717) is 30.4 Å². The molecule has 0 radical (unpaired) electrons. The zero-order valence-corrected chi connectivity index (χ0v) is 15.6. The molecule has 8 heteroatoms. The second-order valence-electron chi connectivity index (χ2n) is 6.46. The molecule has 1 N–H and O–H groups in total. The van der Waals surface area contributed by atoms with Crippen molar-refractivity contribution in [1.29, 1.82) is 0 Å². The number of nitrogens with zero attached hydrogens (tertiary/aromatic N) is 2. The Morgan fingerprint density at radius 2 is 1.88 bits per heavy atom. The predicted octanol–water partition coefficient (Wildman–Crippen LogP) is 2.18. The van der Waals surface area contributed by atoms with Crippen molar-refractivity contribution in [2.45, 2.75) is 31.7 Å². The number of rotatable bonds is 5. The molecule has 0 spiro atoms. The van der Waals surface area contributed by atoms with E-state index in [1.165, 1.54) is 6.20 Å². The van der Waals surface area contributed by atoms with E-state index in [-0.39, 0.29) is 16.9 Å². The molecule has 0 fully saturated rings. The van der Waals surface area contributed by atoms with Gasteiger partial charge < -0.3 is 9.47 Å². The van der Waals surface area contributed by atoms with Gasteiger partial charge in [0.1, 0.15) is 18.1 Å². The van der Waals surface area contributed by atoms with Crippen LogP contribution in [0.25, 0.3) is 0 Å². The number of aromatic nitrogens is 2. The van der Waals surface area contributed by atoms with Gasteiger partial charge in [-0.1, -0.05) is 19.9 Å². The van der Waals surface area contributed by atoms with Crippen molar-refractivity contribution in [3.8, 4) is 11.5 Å². The van der Waals surface area contributed by atoms with Crippen LogP contribution in [0.15, 0.2) is 29.3 Å². The number of nitrogens with one attached hydrogen (secondary N) is 1. The summed E-state index contributed by atoms with van der Waals surface area (Å²) >= 11 is 0. The summed E-state index contributed by atoms with van der Waals surface area (Å²) in [4.78, 5) is 0.193. The van der Waals surface area contributed by atoms with Crippen LogP contribution in [-0.2, 0) is 17.1 Å². The van der Waals surface area contributed by atoms with Crippen LogP contribution in [0.1, 0.15) is 31.1 Å². The summed E-state index contributed by atoms with van der Waals surface area (Å²) in [5.41, 5.74) is 1.43. The zero-order chi connectivity index (χ0) is 18.2. The van der Waals surface area contributed by atoms with Gasteiger partial charge in [0.05, 0.1) is 11.9 Å². The van der Waals surface area contributed by atoms with Crippen LogP contribution in [0.2, 0.25) is 0 Å². The molecule has 0 saturated heterocycles. The summed E-state index contributed by atoms with van der Waals surface area (Å²) in [5.74, 6) is 1.38. The summed E-state index contributed by atoms with van der Waals surface area (Å²) in [6.07, 6.45) is 1.37. The molecule has 7 nitrogen and oxygen atoms in total. The van der Waals surface area contributed by atoms with Gasteiger partial charge in [0, 0.05) is 13.1 Å². The molecule has 136 valence electrons. The minimum Gasteiger partial charge on any atom is -0.486 e. The van der Waals surface area contributed by atoms with E-state index < -0.39 is 10.0 Å². The molecule has 1 aromatic heterocycles. The first-order valence-corrected chi connectivity index (χ1v) is 9.68. The maximum atomic E-state index is 12.8. The van der Waals surface area contributed by atoms with Crippen molar-refractivity contribution in [2.24, 2.45) is 13.0 Å². The van der Waals surface area contributed by atoms with Crippen molar-refractivity contribution in [3.63, 3.8) is 0 Å². The quantitative estimate of drug-likeness (QED) is 0.878. The molecular weight excluding hydrogens is 342 g/mol. The van der Waals surface area contributed by atoms with Gasteiger partial charge in [-0.3, -0.25) is 4.68 Å². The average molecular weight is 365 g/mol. The third-order valence-corrected chi connectivity index (χ3v) is 5.90. The Morgan fingerprint density at radius 1 is 1.20 bits per heavy atom. The maximum absolute atomic E-state index is 12.8. The molecule has 1 atom stereocenters. The summed E-state index contributed by atoms with van der Waals surface area (Å²) in [7, 11) is -1.97. The number of hydrogen-bond donors (Lipinski definition) is 1. The van der Waals surface area contributed by atoms with E-state index >= 15 is 0 Å². The second-order valence-corrected chi connectivity index (χ2v) is 8.15. The fourth-order valence-corrected chi connectivity index (χ4v) is 4.39. The van der Waals surface area contributed by atoms with Gasteiger partial charge >= 0.3 is 0 Å². The Morgan fingerprint density at radius 3 is 2.48 bits per heavy atom. The lowest BCUT2D eigenvalue weighted by Gasteiger charge is -2.25. The van der Waals surface area contributed by atoms with Crippen molar-refractivity contribution in [1.82, 2.24) is 14.5 Å². The molecule has 1 unspecified atom stereocenters. The predicted molar refractivity (Wildman–Crippen MR) is 93.3 cm³/mol. The van der Waals surface area contributed by atoms with Crippen LogP contribution in [0, 0.1) is 12.8 Å². The van der Waals surface area contributed by atoms with E-state index in [1.54, 1.807) is 18.7 Å². The summed E-state index contributed by atoms with van der Waals surface area (Å²) < 4.78 is 41.1.